The molecule has 0 heterocycles. The molecule has 0 unspecified atom stereocenters. The van der Waals surface area contributed by atoms with Gasteiger partial charge in [-0.2, -0.15) is 26.3 Å². The maximum Gasteiger partial charge on any atom is 0.416 e. The van der Waals surface area contributed by atoms with Crippen LogP contribution in [0.5, 0.6) is 0 Å². The van der Waals surface area contributed by atoms with Gasteiger partial charge >= 0.3 is 24.3 Å². The Morgan fingerprint density at radius 3 is 1.19 bits per heavy atom. The van der Waals surface area contributed by atoms with Gasteiger partial charge in [-0.25, -0.2) is 9.59 Å². The maximum absolute atomic E-state index is 12.9. The van der Waals surface area contributed by atoms with E-state index in [0.717, 1.165) is 38.5 Å². The highest BCUT2D eigenvalue weighted by Gasteiger charge is 2.32. The summed E-state index contributed by atoms with van der Waals surface area (Å²) in [6, 6.07) is 8.11. The molecule has 0 bridgehead atoms. The summed E-state index contributed by atoms with van der Waals surface area (Å²) in [6.07, 6.45) is -9.44. The molecule has 0 amide bonds. The number of carbonyl (C=O) groups excluding carboxylic acids is 2. The molecule has 12 heteroatoms. The van der Waals surface area contributed by atoms with E-state index in [9.17, 15) is 35.9 Å². The lowest BCUT2D eigenvalue weighted by Gasteiger charge is -2.26. The molecule has 192 valence electrons. The first-order valence-corrected chi connectivity index (χ1v) is 10.3. The first-order chi connectivity index (χ1) is 16.8. The zero-order valence-corrected chi connectivity index (χ0v) is 18.9. The van der Waals surface area contributed by atoms with Crippen molar-refractivity contribution < 1.29 is 45.4 Å². The van der Waals surface area contributed by atoms with Gasteiger partial charge in [-0.1, -0.05) is 0 Å². The van der Waals surface area contributed by atoms with Gasteiger partial charge in [0.2, 0.25) is 0 Å². The second kappa shape index (κ2) is 10.3. The van der Waals surface area contributed by atoms with E-state index in [2.05, 4.69) is 10.6 Å². The van der Waals surface area contributed by atoms with Crippen LogP contribution in [0.15, 0.2) is 71.1 Å². The molecular weight excluding hydrogens is 494 g/mol. The van der Waals surface area contributed by atoms with Gasteiger partial charge in [0.15, 0.2) is 0 Å². The molecule has 1 aliphatic rings. The minimum Gasteiger partial charge on any atom is -0.466 e. The van der Waals surface area contributed by atoms with E-state index in [-0.39, 0.29) is 46.8 Å². The number of allylic oxidation sites excluding steroid dienone is 2. The molecule has 1 aliphatic carbocycles. The van der Waals surface area contributed by atoms with Crippen LogP contribution in [0.3, 0.4) is 0 Å². The lowest BCUT2D eigenvalue weighted by Crippen LogP contribution is -2.24. The Balaban J connectivity index is 1.93. The SMILES string of the molecule is COC(=O)C1=C(Nc2ccc(C(F)(F)F)cc2)CC(C(=O)OC)=C(Nc2ccc(C(F)(F)F)cc2)C1. The largest absolute Gasteiger partial charge is 0.466 e. The van der Waals surface area contributed by atoms with Crippen LogP contribution >= 0.6 is 0 Å². The fourth-order valence-corrected chi connectivity index (χ4v) is 3.49. The molecule has 0 aromatic heterocycles. The molecule has 0 radical (unpaired) electrons. The highest BCUT2D eigenvalue weighted by molar-refractivity contribution is 5.96. The number of alkyl halides is 6. The number of hydrogen-bond acceptors (Lipinski definition) is 6. The Kier molecular flexibility index (Phi) is 7.65. The molecular formula is C24H20F6N2O4. The van der Waals surface area contributed by atoms with Crippen LogP contribution in [0.25, 0.3) is 0 Å². The minimum atomic E-state index is -4.53. The van der Waals surface area contributed by atoms with Gasteiger partial charge < -0.3 is 20.1 Å². The molecule has 2 N–H and O–H groups in total. The quantitative estimate of drug-likeness (QED) is 0.370. The zero-order chi connectivity index (χ0) is 26.7. The molecule has 0 spiro atoms. The summed E-state index contributed by atoms with van der Waals surface area (Å²) < 4.78 is 86.8. The number of anilines is 2. The molecule has 36 heavy (non-hydrogen) atoms. The summed E-state index contributed by atoms with van der Waals surface area (Å²) >= 11 is 0. The summed E-state index contributed by atoms with van der Waals surface area (Å²) in [7, 11) is 2.27. The Morgan fingerprint density at radius 1 is 0.639 bits per heavy atom. The van der Waals surface area contributed by atoms with Gasteiger partial charge in [-0.3, -0.25) is 0 Å². The summed E-state index contributed by atoms with van der Waals surface area (Å²) in [5.74, 6) is -1.53. The maximum atomic E-state index is 12.9. The number of ether oxygens (including phenoxy) is 2. The number of hydrogen-bond donors (Lipinski definition) is 2. The highest BCUT2D eigenvalue weighted by Crippen LogP contribution is 2.35. The van der Waals surface area contributed by atoms with Crippen molar-refractivity contribution in [2.75, 3.05) is 24.9 Å². The fraction of sp³-hybridized carbons (Fsp3) is 0.250. The Morgan fingerprint density at radius 2 is 0.944 bits per heavy atom. The van der Waals surface area contributed by atoms with E-state index in [1.54, 1.807) is 0 Å². The number of rotatable bonds is 6. The molecule has 0 saturated heterocycles. The van der Waals surface area contributed by atoms with Gasteiger partial charge in [0.05, 0.1) is 36.5 Å². The van der Waals surface area contributed by atoms with Crippen LogP contribution in [0.1, 0.15) is 24.0 Å². The van der Waals surface area contributed by atoms with E-state index in [0.29, 0.717) is 0 Å². The zero-order valence-electron chi connectivity index (χ0n) is 18.9. The van der Waals surface area contributed by atoms with Crippen LogP contribution in [-0.4, -0.2) is 26.2 Å². The van der Waals surface area contributed by atoms with E-state index in [1.807, 2.05) is 0 Å². The molecule has 2 aromatic carbocycles. The summed E-state index contributed by atoms with van der Waals surface area (Å²) in [5.41, 5.74) is -0.751. The van der Waals surface area contributed by atoms with Gasteiger partial charge in [0.25, 0.3) is 0 Å². The second-order valence-corrected chi connectivity index (χ2v) is 7.65. The van der Waals surface area contributed by atoms with Crippen LogP contribution in [0.4, 0.5) is 37.7 Å². The van der Waals surface area contributed by atoms with Crippen molar-refractivity contribution in [3.8, 4) is 0 Å². The van der Waals surface area contributed by atoms with E-state index >= 15 is 0 Å². The summed E-state index contributed by atoms with van der Waals surface area (Å²) in [6.45, 7) is 0. The van der Waals surface area contributed by atoms with E-state index < -0.39 is 35.4 Å². The number of esters is 2. The van der Waals surface area contributed by atoms with Crippen LogP contribution in [-0.2, 0) is 31.4 Å². The topological polar surface area (TPSA) is 76.7 Å². The van der Waals surface area contributed by atoms with Crippen molar-refractivity contribution in [3.05, 3.63) is 82.2 Å². The van der Waals surface area contributed by atoms with Crippen molar-refractivity contribution in [3.63, 3.8) is 0 Å². The van der Waals surface area contributed by atoms with Crippen molar-refractivity contribution in [2.45, 2.75) is 25.2 Å². The normalized spacial score (nSPS) is 14.4. The number of halogens is 6. The Bertz CT molecular complexity index is 1100. The Hall–Kier alpha value is -3.96. The molecule has 6 nitrogen and oxygen atoms in total. The average molecular weight is 514 g/mol. The fourth-order valence-electron chi connectivity index (χ4n) is 3.49. The standard InChI is InChI=1S/C24H20F6N2O4/c1-35-21(33)17-11-20(32-16-9-5-14(6-10-16)24(28,29)30)18(22(34)36-2)12-19(17)31-15-7-3-13(4-8-15)23(25,26)27/h3-10,31-32H,11-12H2,1-2H3. The van der Waals surface area contributed by atoms with Crippen molar-refractivity contribution in [2.24, 2.45) is 0 Å². The lowest BCUT2D eigenvalue weighted by atomic mass is 9.92. The first kappa shape index (κ1) is 26.6. The number of benzene rings is 2. The van der Waals surface area contributed by atoms with Gasteiger partial charge in [-0.15, -0.1) is 0 Å². The van der Waals surface area contributed by atoms with Gasteiger partial charge in [0.1, 0.15) is 0 Å². The number of methoxy groups -OCH3 is 2. The summed E-state index contributed by atoms with van der Waals surface area (Å²) in [4.78, 5) is 25.0. The second-order valence-electron chi connectivity index (χ2n) is 7.65. The number of carbonyl (C=O) groups is 2. The molecule has 0 saturated carbocycles. The van der Waals surface area contributed by atoms with E-state index in [4.69, 9.17) is 9.47 Å². The summed E-state index contributed by atoms with van der Waals surface area (Å²) in [5, 5.41) is 5.72. The smallest absolute Gasteiger partial charge is 0.416 e. The van der Waals surface area contributed by atoms with Crippen molar-refractivity contribution in [1.82, 2.24) is 0 Å². The predicted molar refractivity (Wildman–Crippen MR) is 117 cm³/mol. The average Bonchev–Trinajstić information content (AvgIpc) is 2.83. The third-order valence-corrected chi connectivity index (χ3v) is 5.31. The van der Waals surface area contributed by atoms with Crippen molar-refractivity contribution >= 4 is 23.3 Å². The molecule has 0 fully saturated rings. The van der Waals surface area contributed by atoms with Crippen molar-refractivity contribution in [1.29, 1.82) is 0 Å². The van der Waals surface area contributed by atoms with Crippen LogP contribution in [0.2, 0.25) is 0 Å². The van der Waals surface area contributed by atoms with Crippen LogP contribution in [0, 0.1) is 0 Å². The highest BCUT2D eigenvalue weighted by atomic mass is 19.4. The minimum absolute atomic E-state index is 0.0689. The molecule has 0 atom stereocenters. The lowest BCUT2D eigenvalue weighted by molar-refractivity contribution is -0.138. The van der Waals surface area contributed by atoms with Gasteiger partial charge in [0, 0.05) is 35.6 Å². The third kappa shape index (κ3) is 6.18. The predicted octanol–water partition coefficient (Wildman–Crippen LogP) is 5.90. The monoisotopic (exact) mass is 514 g/mol. The molecule has 0 aliphatic heterocycles. The Labute approximate surface area is 201 Å². The molecule has 2 aromatic rings. The third-order valence-electron chi connectivity index (χ3n) is 5.31. The first-order valence-electron chi connectivity index (χ1n) is 10.3. The molecule has 3 rings (SSSR count). The van der Waals surface area contributed by atoms with Gasteiger partial charge in [-0.05, 0) is 48.5 Å². The van der Waals surface area contributed by atoms with Crippen LogP contribution < -0.4 is 10.6 Å². The van der Waals surface area contributed by atoms with E-state index in [1.165, 1.54) is 24.3 Å². The number of nitrogens with one attached hydrogen (secondary N) is 2.